The Hall–Kier alpha value is -0.450. The van der Waals surface area contributed by atoms with E-state index in [4.69, 9.17) is 10.5 Å². The Morgan fingerprint density at radius 2 is 2.31 bits per heavy atom. The average molecular weight is 200 g/mol. The van der Waals surface area contributed by atoms with E-state index in [1.54, 1.807) is 18.4 Å². The highest BCUT2D eigenvalue weighted by molar-refractivity contribution is 7.09. The van der Waals surface area contributed by atoms with Gasteiger partial charge in [-0.2, -0.15) is 0 Å². The van der Waals surface area contributed by atoms with Crippen molar-refractivity contribution in [3.63, 3.8) is 0 Å². The SMILES string of the molecule is COCc1csc(C(N)C(C)C)n1. The molecule has 0 bridgehead atoms. The summed E-state index contributed by atoms with van der Waals surface area (Å²) < 4.78 is 4.98. The molecule has 1 aromatic heterocycles. The Morgan fingerprint density at radius 3 is 2.85 bits per heavy atom. The molecule has 0 amide bonds. The highest BCUT2D eigenvalue weighted by Gasteiger charge is 2.14. The largest absolute Gasteiger partial charge is 0.378 e. The second kappa shape index (κ2) is 4.69. The van der Waals surface area contributed by atoms with E-state index in [2.05, 4.69) is 18.8 Å². The lowest BCUT2D eigenvalue weighted by Gasteiger charge is -2.11. The van der Waals surface area contributed by atoms with Gasteiger partial charge < -0.3 is 10.5 Å². The van der Waals surface area contributed by atoms with Crippen molar-refractivity contribution in [3.8, 4) is 0 Å². The number of hydrogen-bond donors (Lipinski definition) is 1. The van der Waals surface area contributed by atoms with Crippen molar-refractivity contribution in [1.82, 2.24) is 4.98 Å². The van der Waals surface area contributed by atoms with E-state index < -0.39 is 0 Å². The van der Waals surface area contributed by atoms with E-state index in [1.807, 2.05) is 5.38 Å². The fourth-order valence-corrected chi connectivity index (χ4v) is 1.95. The van der Waals surface area contributed by atoms with E-state index in [0.29, 0.717) is 12.5 Å². The molecule has 1 atom stereocenters. The van der Waals surface area contributed by atoms with E-state index in [1.165, 1.54) is 0 Å². The van der Waals surface area contributed by atoms with Gasteiger partial charge in [0, 0.05) is 12.5 Å². The molecule has 0 fully saturated rings. The maximum Gasteiger partial charge on any atom is 0.110 e. The normalized spacial score (nSPS) is 13.6. The predicted octanol–water partition coefficient (Wildman–Crippen LogP) is 1.95. The molecule has 13 heavy (non-hydrogen) atoms. The minimum atomic E-state index is 0.0515. The Kier molecular flexibility index (Phi) is 3.84. The summed E-state index contributed by atoms with van der Waals surface area (Å²) in [6.07, 6.45) is 0. The van der Waals surface area contributed by atoms with Gasteiger partial charge in [-0.05, 0) is 5.92 Å². The molecule has 1 rings (SSSR count). The Bertz CT molecular complexity index is 260. The minimum absolute atomic E-state index is 0.0515. The molecular formula is C9H16N2OS. The second-order valence-corrected chi connectivity index (χ2v) is 4.27. The van der Waals surface area contributed by atoms with Gasteiger partial charge in [0.25, 0.3) is 0 Å². The molecule has 74 valence electrons. The predicted molar refractivity (Wildman–Crippen MR) is 54.6 cm³/mol. The van der Waals surface area contributed by atoms with Gasteiger partial charge in [0.2, 0.25) is 0 Å². The second-order valence-electron chi connectivity index (χ2n) is 3.38. The van der Waals surface area contributed by atoms with Crippen molar-refractivity contribution in [3.05, 3.63) is 16.1 Å². The van der Waals surface area contributed by atoms with E-state index in [9.17, 15) is 0 Å². The quantitative estimate of drug-likeness (QED) is 0.808. The fourth-order valence-electron chi connectivity index (χ4n) is 0.975. The number of thiazole rings is 1. The van der Waals surface area contributed by atoms with Crippen LogP contribution in [0.1, 0.15) is 30.6 Å². The Morgan fingerprint density at radius 1 is 1.62 bits per heavy atom. The summed E-state index contributed by atoms with van der Waals surface area (Å²) in [7, 11) is 1.67. The molecule has 2 N–H and O–H groups in total. The summed E-state index contributed by atoms with van der Waals surface area (Å²) in [5.74, 6) is 0.432. The van der Waals surface area contributed by atoms with E-state index in [-0.39, 0.29) is 6.04 Å². The zero-order chi connectivity index (χ0) is 9.84. The van der Waals surface area contributed by atoms with E-state index >= 15 is 0 Å². The monoisotopic (exact) mass is 200 g/mol. The number of nitrogens with two attached hydrogens (primary N) is 1. The summed E-state index contributed by atoms with van der Waals surface area (Å²) in [6.45, 7) is 4.77. The van der Waals surface area contributed by atoms with E-state index in [0.717, 1.165) is 10.7 Å². The van der Waals surface area contributed by atoms with Gasteiger partial charge >= 0.3 is 0 Å². The zero-order valence-corrected chi connectivity index (χ0v) is 9.10. The van der Waals surface area contributed by atoms with Crippen LogP contribution in [0.3, 0.4) is 0 Å². The maximum absolute atomic E-state index is 5.95. The molecule has 0 aliphatic heterocycles. The lowest BCUT2D eigenvalue weighted by atomic mass is 10.1. The smallest absolute Gasteiger partial charge is 0.110 e. The molecule has 1 heterocycles. The molecule has 4 heteroatoms. The fraction of sp³-hybridized carbons (Fsp3) is 0.667. The highest BCUT2D eigenvalue weighted by atomic mass is 32.1. The van der Waals surface area contributed by atoms with Gasteiger partial charge in [0.1, 0.15) is 5.01 Å². The van der Waals surface area contributed by atoms with Crippen LogP contribution in [0.15, 0.2) is 5.38 Å². The van der Waals surface area contributed by atoms with Crippen LogP contribution in [-0.2, 0) is 11.3 Å². The summed E-state index contributed by atoms with van der Waals surface area (Å²) in [5, 5.41) is 3.00. The van der Waals surface area contributed by atoms with Gasteiger partial charge in [-0.1, -0.05) is 13.8 Å². The molecule has 1 unspecified atom stereocenters. The number of ether oxygens (including phenoxy) is 1. The van der Waals surface area contributed by atoms with Gasteiger partial charge in [-0.15, -0.1) is 11.3 Å². The third kappa shape index (κ3) is 2.76. The van der Waals surface area contributed by atoms with Gasteiger partial charge in [-0.25, -0.2) is 4.98 Å². The molecule has 0 saturated heterocycles. The molecule has 3 nitrogen and oxygen atoms in total. The van der Waals surface area contributed by atoms with Crippen LogP contribution in [0.4, 0.5) is 0 Å². The molecule has 0 saturated carbocycles. The first-order valence-electron chi connectivity index (χ1n) is 4.34. The first-order chi connectivity index (χ1) is 6.15. The molecule has 1 aromatic rings. The van der Waals surface area contributed by atoms with Crippen molar-refractivity contribution >= 4 is 11.3 Å². The summed E-state index contributed by atoms with van der Waals surface area (Å²) in [6, 6.07) is 0.0515. The Balaban J connectivity index is 2.67. The summed E-state index contributed by atoms with van der Waals surface area (Å²) in [5.41, 5.74) is 6.93. The Labute approximate surface area is 82.9 Å². The lowest BCUT2D eigenvalue weighted by Crippen LogP contribution is -2.16. The average Bonchev–Trinajstić information content (AvgIpc) is 2.52. The van der Waals surface area contributed by atoms with Crippen LogP contribution < -0.4 is 5.73 Å². The first kappa shape index (κ1) is 10.6. The standard InChI is InChI=1S/C9H16N2OS/c1-6(2)8(10)9-11-7(4-12-3)5-13-9/h5-6,8H,4,10H2,1-3H3. The van der Waals surface area contributed by atoms with Gasteiger partial charge in [-0.3, -0.25) is 0 Å². The van der Waals surface area contributed by atoms with Crippen molar-refractivity contribution in [1.29, 1.82) is 0 Å². The van der Waals surface area contributed by atoms with Gasteiger partial charge in [0.15, 0.2) is 0 Å². The van der Waals surface area contributed by atoms with Crippen molar-refractivity contribution in [2.75, 3.05) is 7.11 Å². The number of methoxy groups -OCH3 is 1. The topological polar surface area (TPSA) is 48.1 Å². The molecule has 0 radical (unpaired) electrons. The van der Waals surface area contributed by atoms with Crippen LogP contribution in [-0.4, -0.2) is 12.1 Å². The van der Waals surface area contributed by atoms with Crippen LogP contribution in [0, 0.1) is 5.92 Å². The first-order valence-corrected chi connectivity index (χ1v) is 5.22. The van der Waals surface area contributed by atoms with Crippen molar-refractivity contribution < 1.29 is 4.74 Å². The number of nitrogens with zero attached hydrogens (tertiary/aromatic N) is 1. The minimum Gasteiger partial charge on any atom is -0.378 e. The van der Waals surface area contributed by atoms with Crippen LogP contribution in [0.5, 0.6) is 0 Å². The van der Waals surface area contributed by atoms with Crippen molar-refractivity contribution in [2.45, 2.75) is 26.5 Å². The third-order valence-electron chi connectivity index (χ3n) is 1.87. The van der Waals surface area contributed by atoms with Crippen molar-refractivity contribution in [2.24, 2.45) is 11.7 Å². The molecule has 0 aliphatic rings. The highest BCUT2D eigenvalue weighted by Crippen LogP contribution is 2.22. The maximum atomic E-state index is 5.95. The molecule has 0 aliphatic carbocycles. The summed E-state index contributed by atoms with van der Waals surface area (Å²) >= 11 is 1.61. The summed E-state index contributed by atoms with van der Waals surface area (Å²) in [4.78, 5) is 4.39. The lowest BCUT2D eigenvalue weighted by molar-refractivity contribution is 0.182. The van der Waals surface area contributed by atoms with Gasteiger partial charge in [0.05, 0.1) is 18.3 Å². The third-order valence-corrected chi connectivity index (χ3v) is 2.86. The van der Waals surface area contributed by atoms with Crippen LogP contribution >= 0.6 is 11.3 Å². The molecular weight excluding hydrogens is 184 g/mol. The number of aromatic nitrogens is 1. The van der Waals surface area contributed by atoms with Crippen LogP contribution in [0.2, 0.25) is 0 Å². The molecule has 0 aromatic carbocycles. The number of hydrogen-bond acceptors (Lipinski definition) is 4. The van der Waals surface area contributed by atoms with Crippen LogP contribution in [0.25, 0.3) is 0 Å². The zero-order valence-electron chi connectivity index (χ0n) is 8.28. The molecule has 0 spiro atoms. The number of rotatable bonds is 4.